The second-order valence-corrected chi connectivity index (χ2v) is 8.93. The number of hydrogen-bond donors (Lipinski definition) is 2. The van der Waals surface area contributed by atoms with Crippen LogP contribution >= 0.6 is 24.0 Å². The van der Waals surface area contributed by atoms with E-state index in [0.29, 0.717) is 28.8 Å². The summed E-state index contributed by atoms with van der Waals surface area (Å²) in [6.45, 7) is 4.75. The molecule has 8 nitrogen and oxygen atoms in total. The zero-order valence-electron chi connectivity index (χ0n) is 17.1. The maximum absolute atomic E-state index is 5.64. The quantitative estimate of drug-likeness (QED) is 0.392. The number of hydrogen-bond acceptors (Lipinski definition) is 8. The molecule has 0 unspecified atom stereocenters. The number of piperidine rings is 1. The van der Waals surface area contributed by atoms with Gasteiger partial charge in [-0.3, -0.25) is 0 Å². The van der Waals surface area contributed by atoms with E-state index in [1.54, 1.807) is 18.5 Å². The topological polar surface area (TPSA) is 88.1 Å². The van der Waals surface area contributed by atoms with Gasteiger partial charge in [-0.25, -0.2) is 15.0 Å². The molecule has 4 rings (SSSR count). The summed E-state index contributed by atoms with van der Waals surface area (Å²) in [5.74, 6) is 1.38. The summed E-state index contributed by atoms with van der Waals surface area (Å²) in [7, 11) is 0. The maximum Gasteiger partial charge on any atom is 0.232 e. The molecule has 0 aromatic carbocycles. The predicted octanol–water partition coefficient (Wildman–Crippen LogP) is 3.26. The lowest BCUT2D eigenvalue weighted by molar-refractivity contribution is 0.114. The van der Waals surface area contributed by atoms with E-state index in [9.17, 15) is 0 Å². The largest absolute Gasteiger partial charge is 0.376 e. The van der Waals surface area contributed by atoms with Crippen LogP contribution in [0.4, 0.5) is 11.8 Å². The minimum absolute atomic E-state index is 0.215. The fourth-order valence-electron chi connectivity index (χ4n) is 3.70. The van der Waals surface area contributed by atoms with Gasteiger partial charge >= 0.3 is 0 Å². The van der Waals surface area contributed by atoms with Crippen molar-refractivity contribution in [3.8, 4) is 0 Å². The van der Waals surface area contributed by atoms with Gasteiger partial charge in [-0.05, 0) is 69.1 Å². The van der Waals surface area contributed by atoms with Gasteiger partial charge in [0.1, 0.15) is 10.8 Å². The third-order valence-corrected chi connectivity index (χ3v) is 6.32. The first-order valence-corrected chi connectivity index (χ1v) is 11.7. The van der Waals surface area contributed by atoms with E-state index < -0.39 is 0 Å². The molecular formula is C20H27N7OS2. The molecule has 0 radical (unpaired) electrons. The van der Waals surface area contributed by atoms with E-state index in [0.717, 1.165) is 36.8 Å². The molecule has 2 atom stereocenters. The van der Waals surface area contributed by atoms with E-state index in [2.05, 4.69) is 37.4 Å². The Morgan fingerprint density at radius 1 is 1.23 bits per heavy atom. The van der Waals surface area contributed by atoms with Crippen molar-refractivity contribution in [2.75, 3.05) is 29.9 Å². The zero-order chi connectivity index (χ0) is 20.8. The smallest absolute Gasteiger partial charge is 0.232 e. The number of aromatic nitrogens is 4. The van der Waals surface area contributed by atoms with Crippen LogP contribution in [0.25, 0.3) is 0 Å². The zero-order valence-corrected chi connectivity index (χ0v) is 18.7. The predicted molar refractivity (Wildman–Crippen MR) is 122 cm³/mol. The highest BCUT2D eigenvalue weighted by molar-refractivity contribution is 7.99. The second-order valence-electron chi connectivity index (χ2n) is 7.53. The molecule has 0 spiro atoms. The molecule has 4 heterocycles. The molecule has 2 aliphatic heterocycles. The van der Waals surface area contributed by atoms with Crippen molar-refractivity contribution in [1.82, 2.24) is 25.3 Å². The highest BCUT2D eigenvalue weighted by Gasteiger charge is 2.22. The monoisotopic (exact) mass is 445 g/mol. The normalized spacial score (nSPS) is 21.4. The minimum atomic E-state index is 0.215. The second kappa shape index (κ2) is 10.3. The van der Waals surface area contributed by atoms with Gasteiger partial charge in [0.05, 0.1) is 6.10 Å². The highest BCUT2D eigenvalue weighted by atomic mass is 32.2. The molecule has 2 aliphatic rings. The van der Waals surface area contributed by atoms with Crippen molar-refractivity contribution in [3.63, 3.8) is 0 Å². The summed E-state index contributed by atoms with van der Waals surface area (Å²) in [6, 6.07) is 4.25. The molecular weight excluding hydrogens is 418 g/mol. The van der Waals surface area contributed by atoms with E-state index in [1.165, 1.54) is 31.0 Å². The van der Waals surface area contributed by atoms with E-state index in [-0.39, 0.29) is 6.10 Å². The van der Waals surface area contributed by atoms with Gasteiger partial charge in [-0.15, -0.1) is 0 Å². The van der Waals surface area contributed by atoms with Crippen molar-refractivity contribution in [2.24, 2.45) is 0 Å². The summed E-state index contributed by atoms with van der Waals surface area (Å²) in [5, 5.41) is 8.31. The Morgan fingerprint density at radius 2 is 2.10 bits per heavy atom. The summed E-state index contributed by atoms with van der Waals surface area (Å²) < 4.78 is 5.64. The number of nitrogens with one attached hydrogen (secondary N) is 2. The van der Waals surface area contributed by atoms with E-state index >= 15 is 0 Å². The van der Waals surface area contributed by atoms with Crippen LogP contribution < -0.4 is 15.5 Å². The van der Waals surface area contributed by atoms with Gasteiger partial charge in [-0.1, -0.05) is 0 Å². The fraction of sp³-hybridized carbons (Fsp3) is 0.550. The van der Waals surface area contributed by atoms with Crippen LogP contribution in [0.5, 0.6) is 0 Å². The Labute approximate surface area is 186 Å². The molecule has 2 aromatic heterocycles. The lowest BCUT2D eigenvalue weighted by Crippen LogP contribution is -2.38. The molecule has 0 saturated carbocycles. The molecule has 160 valence electrons. The maximum atomic E-state index is 5.64. The molecule has 0 amide bonds. The highest BCUT2D eigenvalue weighted by Crippen LogP contribution is 2.29. The lowest BCUT2D eigenvalue weighted by atomic mass is 10.0. The molecule has 0 bridgehead atoms. The first-order chi connectivity index (χ1) is 14.7. The number of anilines is 2. The number of nitrogens with zero attached hydrogens (tertiary/aromatic N) is 5. The molecule has 10 heteroatoms. The Hall–Kier alpha value is -2.04. The van der Waals surface area contributed by atoms with Crippen molar-refractivity contribution in [3.05, 3.63) is 24.5 Å². The van der Waals surface area contributed by atoms with Crippen LogP contribution in [-0.2, 0) is 4.74 Å². The minimum Gasteiger partial charge on any atom is -0.376 e. The van der Waals surface area contributed by atoms with Crippen LogP contribution in [0.3, 0.4) is 0 Å². The average Bonchev–Trinajstić information content (AvgIpc) is 3.27. The Bertz CT molecular complexity index is 848. The van der Waals surface area contributed by atoms with Crippen LogP contribution in [-0.4, -0.2) is 56.9 Å². The van der Waals surface area contributed by atoms with E-state index in [4.69, 9.17) is 21.9 Å². The molecule has 0 aliphatic carbocycles. The van der Waals surface area contributed by atoms with Crippen LogP contribution in [0.15, 0.2) is 34.7 Å². The van der Waals surface area contributed by atoms with Gasteiger partial charge in [0.2, 0.25) is 5.95 Å². The molecule has 2 saturated heterocycles. The van der Waals surface area contributed by atoms with Crippen molar-refractivity contribution in [1.29, 1.82) is 0 Å². The number of ether oxygens (including phenoxy) is 1. The summed E-state index contributed by atoms with van der Waals surface area (Å²) in [4.78, 5) is 20.3. The fourth-order valence-corrected chi connectivity index (χ4v) is 4.58. The summed E-state index contributed by atoms with van der Waals surface area (Å²) in [5.41, 5.74) is 0. The van der Waals surface area contributed by atoms with Gasteiger partial charge in [0.25, 0.3) is 0 Å². The van der Waals surface area contributed by atoms with Crippen LogP contribution in [0, 0.1) is 0 Å². The van der Waals surface area contributed by atoms with Crippen LogP contribution in [0.2, 0.25) is 0 Å². The van der Waals surface area contributed by atoms with E-state index in [1.807, 2.05) is 6.07 Å². The number of rotatable bonds is 6. The van der Waals surface area contributed by atoms with Crippen molar-refractivity contribution < 1.29 is 4.74 Å². The molecule has 2 N–H and O–H groups in total. The SMILES string of the molecule is C[C@H]1CCCCN1c1cc(Sc2ncccn2)nc(NC(=S)NC[C@@H]2CCCO2)n1. The molecule has 2 aromatic rings. The number of thiocarbonyl (C=S) groups is 1. The average molecular weight is 446 g/mol. The molecule has 30 heavy (non-hydrogen) atoms. The van der Waals surface area contributed by atoms with Crippen molar-refractivity contribution >= 4 is 40.9 Å². The Morgan fingerprint density at radius 3 is 2.87 bits per heavy atom. The third-order valence-electron chi connectivity index (χ3n) is 5.26. The first kappa shape index (κ1) is 21.2. The van der Waals surface area contributed by atoms with Gasteiger partial charge in [0.15, 0.2) is 10.3 Å². The Kier molecular flexibility index (Phi) is 7.29. The van der Waals surface area contributed by atoms with Gasteiger partial charge in [0, 0.05) is 44.2 Å². The lowest BCUT2D eigenvalue weighted by Gasteiger charge is -2.34. The van der Waals surface area contributed by atoms with Gasteiger partial charge < -0.3 is 20.3 Å². The standard InChI is InChI=1S/C20H27N7OS2/c1-14-6-2-3-10-27(14)16-12-17(30-20-21-8-5-9-22-20)25-18(24-16)26-19(29)23-13-15-7-4-11-28-15/h5,8-9,12,14-15H,2-4,6-7,10-11,13H2,1H3,(H2,23,24,25,26,29)/t14-,15-/m0/s1. The molecule has 2 fully saturated rings. The third kappa shape index (κ3) is 5.77. The van der Waals surface area contributed by atoms with Crippen LogP contribution in [0.1, 0.15) is 39.0 Å². The first-order valence-electron chi connectivity index (χ1n) is 10.4. The summed E-state index contributed by atoms with van der Waals surface area (Å²) >= 11 is 6.88. The summed E-state index contributed by atoms with van der Waals surface area (Å²) in [6.07, 6.45) is 9.43. The van der Waals surface area contributed by atoms with Crippen molar-refractivity contribution in [2.45, 2.75) is 61.4 Å². The Balaban J connectivity index is 1.50. The van der Waals surface area contributed by atoms with Gasteiger partial charge in [-0.2, -0.15) is 4.98 Å².